The number of carbonyl (C=O) groups excluding carboxylic acids is 1. The zero-order chi connectivity index (χ0) is 18.6. The van der Waals surface area contributed by atoms with Crippen LogP contribution >= 0.6 is 0 Å². The molecule has 4 rings (SSSR count). The number of hydrogen-bond acceptors (Lipinski definition) is 5. The third kappa shape index (κ3) is 3.51. The Labute approximate surface area is 157 Å². The number of rotatable bonds is 5. The highest BCUT2D eigenvalue weighted by Crippen LogP contribution is 2.35. The average Bonchev–Trinajstić information content (AvgIpc) is 3.22. The van der Waals surface area contributed by atoms with E-state index in [1.54, 1.807) is 7.11 Å². The van der Waals surface area contributed by atoms with Gasteiger partial charge in [0.05, 0.1) is 19.9 Å². The fraction of sp³-hybridized carbons (Fsp3) is 0.238. The van der Waals surface area contributed by atoms with Crippen molar-refractivity contribution in [3.8, 4) is 22.8 Å². The van der Waals surface area contributed by atoms with Crippen LogP contribution in [-0.4, -0.2) is 31.3 Å². The van der Waals surface area contributed by atoms with E-state index >= 15 is 0 Å². The molecule has 0 radical (unpaired) electrons. The second-order valence-corrected chi connectivity index (χ2v) is 6.47. The van der Waals surface area contributed by atoms with Gasteiger partial charge in [-0.1, -0.05) is 47.6 Å². The molecule has 0 bridgehead atoms. The molecule has 6 heteroatoms. The minimum Gasteiger partial charge on any atom is -0.493 e. The van der Waals surface area contributed by atoms with E-state index in [0.29, 0.717) is 24.5 Å². The number of para-hydroxylation sites is 1. The fourth-order valence-corrected chi connectivity index (χ4v) is 3.28. The Kier molecular flexibility index (Phi) is 4.78. The normalized spacial score (nSPS) is 15.5. The SMILES string of the molecule is COc1cccc2c1OC[C@H](CNC(=O)c1cnoc1-c1ccccc1)C2. The van der Waals surface area contributed by atoms with Gasteiger partial charge in [-0.3, -0.25) is 4.79 Å². The summed E-state index contributed by atoms with van der Waals surface area (Å²) in [6.45, 7) is 1.04. The number of amides is 1. The van der Waals surface area contributed by atoms with Crippen LogP contribution in [0.5, 0.6) is 11.5 Å². The van der Waals surface area contributed by atoms with Gasteiger partial charge in [0.1, 0.15) is 5.56 Å². The van der Waals surface area contributed by atoms with Crippen molar-refractivity contribution in [1.82, 2.24) is 10.5 Å². The number of nitrogens with one attached hydrogen (secondary N) is 1. The zero-order valence-electron chi connectivity index (χ0n) is 15.0. The lowest BCUT2D eigenvalue weighted by atomic mass is 9.96. The van der Waals surface area contributed by atoms with Crippen molar-refractivity contribution < 1.29 is 18.8 Å². The standard InChI is InChI=1S/C21H20N2O4/c1-25-18-9-5-8-16-10-14(13-26-20(16)18)11-22-21(24)17-12-23-27-19(17)15-6-3-2-4-7-15/h2-9,12,14H,10-11,13H2,1H3,(H,22,24)/t14-/m0/s1. The van der Waals surface area contributed by atoms with Gasteiger partial charge in [0.15, 0.2) is 17.3 Å². The molecule has 0 saturated heterocycles. The molecule has 0 aliphatic carbocycles. The molecule has 2 heterocycles. The Morgan fingerprint density at radius 1 is 1.22 bits per heavy atom. The zero-order valence-corrected chi connectivity index (χ0v) is 15.0. The third-order valence-corrected chi connectivity index (χ3v) is 4.65. The van der Waals surface area contributed by atoms with Crippen LogP contribution in [0.3, 0.4) is 0 Å². The Bertz CT molecular complexity index is 936. The molecule has 1 amide bonds. The molecule has 0 saturated carbocycles. The molecule has 0 fully saturated rings. The van der Waals surface area contributed by atoms with Crippen molar-refractivity contribution in [3.63, 3.8) is 0 Å². The first-order valence-electron chi connectivity index (χ1n) is 8.83. The van der Waals surface area contributed by atoms with Crippen LogP contribution in [0.2, 0.25) is 0 Å². The molecule has 0 spiro atoms. The van der Waals surface area contributed by atoms with Crippen molar-refractivity contribution in [2.24, 2.45) is 5.92 Å². The number of carbonyl (C=O) groups is 1. The quantitative estimate of drug-likeness (QED) is 0.752. The average molecular weight is 364 g/mol. The van der Waals surface area contributed by atoms with Gasteiger partial charge in [0.2, 0.25) is 0 Å². The number of hydrogen-bond donors (Lipinski definition) is 1. The summed E-state index contributed by atoms with van der Waals surface area (Å²) >= 11 is 0. The van der Waals surface area contributed by atoms with Crippen LogP contribution in [0.15, 0.2) is 59.3 Å². The number of aromatic nitrogens is 1. The van der Waals surface area contributed by atoms with Gasteiger partial charge in [-0.05, 0) is 18.1 Å². The lowest BCUT2D eigenvalue weighted by Crippen LogP contribution is -2.34. The highest BCUT2D eigenvalue weighted by Gasteiger charge is 2.24. The molecule has 1 N–H and O–H groups in total. The Morgan fingerprint density at radius 2 is 2.07 bits per heavy atom. The van der Waals surface area contributed by atoms with Gasteiger partial charge >= 0.3 is 0 Å². The molecule has 2 aromatic carbocycles. The fourth-order valence-electron chi connectivity index (χ4n) is 3.28. The topological polar surface area (TPSA) is 73.6 Å². The predicted octanol–water partition coefficient (Wildman–Crippen LogP) is 3.33. The van der Waals surface area contributed by atoms with Gasteiger partial charge in [-0.25, -0.2) is 0 Å². The largest absolute Gasteiger partial charge is 0.493 e. The summed E-state index contributed by atoms with van der Waals surface area (Å²) in [7, 11) is 1.63. The van der Waals surface area contributed by atoms with Gasteiger partial charge in [0.25, 0.3) is 5.91 Å². The summed E-state index contributed by atoms with van der Waals surface area (Å²) in [6.07, 6.45) is 2.27. The molecule has 138 valence electrons. The van der Waals surface area contributed by atoms with Gasteiger partial charge in [-0.15, -0.1) is 0 Å². The maximum Gasteiger partial charge on any atom is 0.256 e. The van der Waals surface area contributed by atoms with Crippen LogP contribution in [0.1, 0.15) is 15.9 Å². The minimum absolute atomic E-state index is 0.189. The second-order valence-electron chi connectivity index (χ2n) is 6.47. The monoisotopic (exact) mass is 364 g/mol. The second kappa shape index (κ2) is 7.53. The number of fused-ring (bicyclic) bond motifs is 1. The van der Waals surface area contributed by atoms with Crippen LogP contribution in [0.4, 0.5) is 0 Å². The van der Waals surface area contributed by atoms with Gasteiger partial charge in [0, 0.05) is 18.0 Å². The molecule has 1 atom stereocenters. The summed E-state index contributed by atoms with van der Waals surface area (Å²) in [6, 6.07) is 15.3. The number of benzene rings is 2. The maximum atomic E-state index is 12.6. The summed E-state index contributed by atoms with van der Waals surface area (Å²) in [4.78, 5) is 12.6. The first kappa shape index (κ1) is 17.1. The van der Waals surface area contributed by atoms with Crippen LogP contribution < -0.4 is 14.8 Å². The lowest BCUT2D eigenvalue weighted by Gasteiger charge is -2.26. The van der Waals surface area contributed by atoms with Crippen molar-refractivity contribution in [3.05, 3.63) is 65.9 Å². The smallest absolute Gasteiger partial charge is 0.256 e. The van der Waals surface area contributed by atoms with E-state index in [1.165, 1.54) is 6.20 Å². The molecule has 1 aromatic heterocycles. The lowest BCUT2D eigenvalue weighted by molar-refractivity contribution is 0.0938. The molecule has 3 aromatic rings. The first-order valence-corrected chi connectivity index (χ1v) is 8.83. The Morgan fingerprint density at radius 3 is 2.89 bits per heavy atom. The summed E-state index contributed by atoms with van der Waals surface area (Å²) < 4.78 is 16.5. The molecule has 0 unspecified atom stereocenters. The Balaban J connectivity index is 1.42. The van der Waals surface area contributed by atoms with Crippen LogP contribution in [-0.2, 0) is 6.42 Å². The van der Waals surface area contributed by atoms with E-state index in [4.69, 9.17) is 14.0 Å². The van der Waals surface area contributed by atoms with Crippen molar-refractivity contribution >= 4 is 5.91 Å². The minimum atomic E-state index is -0.202. The third-order valence-electron chi connectivity index (χ3n) is 4.65. The van der Waals surface area contributed by atoms with E-state index in [9.17, 15) is 4.79 Å². The summed E-state index contributed by atoms with van der Waals surface area (Å²) in [5, 5.41) is 6.76. The Hall–Kier alpha value is -3.28. The van der Waals surface area contributed by atoms with Crippen LogP contribution in [0.25, 0.3) is 11.3 Å². The van der Waals surface area contributed by atoms with Gasteiger partial charge < -0.3 is 19.3 Å². The number of methoxy groups -OCH3 is 1. The van der Waals surface area contributed by atoms with Gasteiger partial charge in [-0.2, -0.15) is 0 Å². The van der Waals surface area contributed by atoms with E-state index in [2.05, 4.69) is 10.5 Å². The van der Waals surface area contributed by atoms with Crippen molar-refractivity contribution in [2.75, 3.05) is 20.3 Å². The van der Waals surface area contributed by atoms with E-state index < -0.39 is 0 Å². The summed E-state index contributed by atoms with van der Waals surface area (Å²) in [5.41, 5.74) is 2.34. The van der Waals surface area contributed by atoms with E-state index in [-0.39, 0.29) is 11.8 Å². The summed E-state index contributed by atoms with van der Waals surface area (Å²) in [5.74, 6) is 2.00. The first-order chi connectivity index (χ1) is 13.3. The molecule has 1 aliphatic rings. The van der Waals surface area contributed by atoms with E-state index in [0.717, 1.165) is 29.0 Å². The highest BCUT2D eigenvalue weighted by molar-refractivity contribution is 5.99. The highest BCUT2D eigenvalue weighted by atomic mass is 16.5. The molecular weight excluding hydrogens is 344 g/mol. The van der Waals surface area contributed by atoms with Crippen LogP contribution in [0, 0.1) is 5.92 Å². The van der Waals surface area contributed by atoms with E-state index in [1.807, 2.05) is 48.5 Å². The maximum absolute atomic E-state index is 12.6. The number of nitrogens with zero attached hydrogens (tertiary/aromatic N) is 1. The molecule has 1 aliphatic heterocycles. The van der Waals surface area contributed by atoms with Crippen molar-refractivity contribution in [2.45, 2.75) is 6.42 Å². The predicted molar refractivity (Wildman–Crippen MR) is 100.0 cm³/mol. The van der Waals surface area contributed by atoms with Crippen molar-refractivity contribution in [1.29, 1.82) is 0 Å². The molecular formula is C21H20N2O4. The number of ether oxygens (including phenoxy) is 2. The molecule has 27 heavy (non-hydrogen) atoms. The molecule has 6 nitrogen and oxygen atoms in total.